The van der Waals surface area contributed by atoms with Crippen molar-refractivity contribution < 1.29 is 4.74 Å². The van der Waals surface area contributed by atoms with Crippen LogP contribution in [-0.4, -0.2) is 7.11 Å². The van der Waals surface area contributed by atoms with Crippen LogP contribution in [0.1, 0.15) is 35.1 Å². The molecule has 170 valence electrons. The van der Waals surface area contributed by atoms with Crippen LogP contribution in [0.5, 0.6) is 5.75 Å². The van der Waals surface area contributed by atoms with Gasteiger partial charge in [-0.25, -0.2) is 5.84 Å². The van der Waals surface area contributed by atoms with Crippen LogP contribution in [0.3, 0.4) is 0 Å². The van der Waals surface area contributed by atoms with Crippen LogP contribution in [0, 0.1) is 0 Å². The molecule has 0 radical (unpaired) electrons. The van der Waals surface area contributed by atoms with E-state index in [1.807, 2.05) is 24.3 Å². The lowest BCUT2D eigenvalue weighted by atomic mass is 9.68. The average Bonchev–Trinajstić information content (AvgIpc) is 3.40. The number of benzene rings is 4. The van der Waals surface area contributed by atoms with Crippen LogP contribution in [0.2, 0.25) is 0 Å². The molecule has 0 heterocycles. The smallest absolute Gasteiger partial charge is 0.119 e. The first-order chi connectivity index (χ1) is 17.2. The topological polar surface area (TPSA) is 38.5 Å². The van der Waals surface area contributed by atoms with Gasteiger partial charge in [-0.05, 0) is 93.8 Å². The number of allylic oxidation sites excluding steroid dienone is 4. The fourth-order valence-corrected chi connectivity index (χ4v) is 6.44. The zero-order chi connectivity index (χ0) is 23.6. The number of anilines is 2. The van der Waals surface area contributed by atoms with Gasteiger partial charge < -0.3 is 4.74 Å². The molecular weight excluding hydrogens is 428 g/mol. The highest BCUT2D eigenvalue weighted by molar-refractivity contribution is 5.97. The van der Waals surface area contributed by atoms with Crippen molar-refractivity contribution in [3.8, 4) is 16.9 Å². The van der Waals surface area contributed by atoms with Gasteiger partial charge in [0.25, 0.3) is 0 Å². The minimum Gasteiger partial charge on any atom is -0.497 e. The molecule has 1 spiro atoms. The predicted octanol–water partition coefficient (Wildman–Crippen LogP) is 7.14. The van der Waals surface area contributed by atoms with Crippen molar-refractivity contribution in [3.63, 3.8) is 0 Å². The number of hydrogen-bond donors (Lipinski definition) is 1. The lowest BCUT2D eigenvalue weighted by Gasteiger charge is -2.34. The second kappa shape index (κ2) is 7.46. The first-order valence-corrected chi connectivity index (χ1v) is 12.2. The molecule has 3 aliphatic rings. The highest BCUT2D eigenvalue weighted by atomic mass is 16.5. The number of fused-ring (bicyclic) bond motifs is 9. The lowest BCUT2D eigenvalue weighted by Crippen LogP contribution is -2.29. The Morgan fingerprint density at radius 3 is 2.17 bits per heavy atom. The van der Waals surface area contributed by atoms with E-state index in [2.05, 4.69) is 78.9 Å². The van der Waals surface area contributed by atoms with E-state index in [9.17, 15) is 0 Å². The van der Waals surface area contributed by atoms with Crippen molar-refractivity contribution in [1.82, 2.24) is 0 Å². The van der Waals surface area contributed by atoms with Gasteiger partial charge in [0.05, 0.1) is 23.9 Å². The Morgan fingerprint density at radius 1 is 0.743 bits per heavy atom. The Balaban J connectivity index is 1.49. The average molecular weight is 455 g/mol. The molecule has 4 aromatic carbocycles. The van der Waals surface area contributed by atoms with Gasteiger partial charge in [0.1, 0.15) is 5.75 Å². The molecule has 3 heteroatoms. The van der Waals surface area contributed by atoms with Crippen LogP contribution in [0.15, 0.2) is 109 Å². The van der Waals surface area contributed by atoms with Crippen LogP contribution in [-0.2, 0) is 5.41 Å². The minimum atomic E-state index is -0.278. The third kappa shape index (κ3) is 2.64. The molecule has 35 heavy (non-hydrogen) atoms. The van der Waals surface area contributed by atoms with Crippen molar-refractivity contribution in [2.45, 2.75) is 18.3 Å². The summed E-state index contributed by atoms with van der Waals surface area (Å²) in [7, 11) is 1.68. The van der Waals surface area contributed by atoms with Gasteiger partial charge in [-0.2, -0.15) is 0 Å². The highest BCUT2D eigenvalue weighted by Gasteiger charge is 2.52. The fourth-order valence-electron chi connectivity index (χ4n) is 6.44. The Hall–Kier alpha value is -4.08. The monoisotopic (exact) mass is 454 g/mol. The van der Waals surface area contributed by atoms with E-state index in [1.54, 1.807) is 12.1 Å². The molecule has 1 atom stereocenters. The summed E-state index contributed by atoms with van der Waals surface area (Å²) in [6.45, 7) is 0. The summed E-state index contributed by atoms with van der Waals surface area (Å²) < 4.78 is 5.33. The zero-order valence-electron chi connectivity index (χ0n) is 19.7. The summed E-state index contributed by atoms with van der Waals surface area (Å²) in [6.07, 6.45) is 6.78. The molecule has 0 saturated carbocycles. The fraction of sp³-hybridized carbons (Fsp3) is 0.125. The molecule has 0 aromatic heterocycles. The Kier molecular flexibility index (Phi) is 4.33. The third-order valence-corrected chi connectivity index (χ3v) is 7.90. The maximum absolute atomic E-state index is 6.69. The van der Waals surface area contributed by atoms with E-state index >= 15 is 0 Å². The molecular formula is C32H26N2O. The van der Waals surface area contributed by atoms with E-state index in [0.717, 1.165) is 30.0 Å². The van der Waals surface area contributed by atoms with Crippen molar-refractivity contribution in [1.29, 1.82) is 0 Å². The minimum absolute atomic E-state index is 0.278. The number of hydrogen-bond acceptors (Lipinski definition) is 3. The van der Waals surface area contributed by atoms with E-state index in [4.69, 9.17) is 10.6 Å². The molecule has 3 nitrogen and oxygen atoms in total. The standard InChI is InChI=1S/C32H26N2O/c1-35-23-17-14-21(15-18-23)34(33)22-16-19-27-26-10-4-7-13-30(26)32(31(27)20-22)28-11-5-2-8-24(28)25-9-3-6-12-29(25)32/h2-5,7-11,13-20H,6,12,33H2,1H3. The zero-order valence-corrected chi connectivity index (χ0v) is 19.7. The molecule has 7 rings (SSSR count). The second-order valence-corrected chi connectivity index (χ2v) is 9.47. The van der Waals surface area contributed by atoms with Crippen molar-refractivity contribution >= 4 is 16.9 Å². The SMILES string of the molecule is COc1ccc(N(N)c2ccc3c(c2)C2(C4=C(C=CCC4)c4ccccc42)c2ccccc2-3)cc1. The molecule has 0 saturated heterocycles. The Bertz CT molecular complexity index is 1550. The Morgan fingerprint density at radius 2 is 1.40 bits per heavy atom. The largest absolute Gasteiger partial charge is 0.497 e. The molecule has 4 aromatic rings. The maximum atomic E-state index is 6.69. The number of rotatable bonds is 3. The summed E-state index contributed by atoms with van der Waals surface area (Å²) in [5.41, 5.74) is 12.6. The summed E-state index contributed by atoms with van der Waals surface area (Å²) in [4.78, 5) is 0. The normalized spacial score (nSPS) is 18.8. The van der Waals surface area contributed by atoms with E-state index in [-0.39, 0.29) is 5.41 Å². The molecule has 0 aliphatic heterocycles. The van der Waals surface area contributed by atoms with Crippen molar-refractivity contribution in [2.75, 3.05) is 12.1 Å². The van der Waals surface area contributed by atoms with E-state index < -0.39 is 0 Å². The quantitative estimate of drug-likeness (QED) is 0.264. The summed E-state index contributed by atoms with van der Waals surface area (Å²) >= 11 is 0. The van der Waals surface area contributed by atoms with Gasteiger partial charge in [0.2, 0.25) is 0 Å². The van der Waals surface area contributed by atoms with Crippen LogP contribution < -0.4 is 15.6 Å². The number of nitrogens with two attached hydrogens (primary N) is 1. The third-order valence-electron chi connectivity index (χ3n) is 7.90. The number of methoxy groups -OCH3 is 1. The molecule has 2 N–H and O–H groups in total. The molecule has 3 aliphatic carbocycles. The second-order valence-electron chi connectivity index (χ2n) is 9.47. The van der Waals surface area contributed by atoms with Gasteiger partial charge in [-0.1, -0.05) is 66.7 Å². The van der Waals surface area contributed by atoms with Gasteiger partial charge in [-0.3, -0.25) is 5.01 Å². The maximum Gasteiger partial charge on any atom is 0.119 e. The molecule has 0 fully saturated rings. The molecule has 0 amide bonds. The summed E-state index contributed by atoms with van der Waals surface area (Å²) in [5.74, 6) is 7.51. The predicted molar refractivity (Wildman–Crippen MR) is 143 cm³/mol. The van der Waals surface area contributed by atoms with Crippen LogP contribution in [0.25, 0.3) is 16.7 Å². The first-order valence-electron chi connectivity index (χ1n) is 12.2. The lowest BCUT2D eigenvalue weighted by molar-refractivity contribution is 0.415. The van der Waals surface area contributed by atoms with E-state index in [1.165, 1.54) is 44.5 Å². The van der Waals surface area contributed by atoms with Gasteiger partial charge in [0.15, 0.2) is 0 Å². The molecule has 1 unspecified atom stereocenters. The number of ether oxygens (including phenoxy) is 1. The van der Waals surface area contributed by atoms with Gasteiger partial charge in [0, 0.05) is 0 Å². The van der Waals surface area contributed by atoms with E-state index in [0.29, 0.717) is 0 Å². The summed E-state index contributed by atoms with van der Waals surface area (Å²) in [5, 5.41) is 1.77. The molecule has 0 bridgehead atoms. The van der Waals surface area contributed by atoms with Gasteiger partial charge >= 0.3 is 0 Å². The van der Waals surface area contributed by atoms with Crippen LogP contribution >= 0.6 is 0 Å². The number of nitrogens with zero attached hydrogens (tertiary/aromatic N) is 1. The van der Waals surface area contributed by atoms with Crippen molar-refractivity contribution in [3.05, 3.63) is 131 Å². The Labute approximate surface area is 205 Å². The highest BCUT2D eigenvalue weighted by Crippen LogP contribution is 2.63. The van der Waals surface area contributed by atoms with Crippen molar-refractivity contribution in [2.24, 2.45) is 5.84 Å². The first kappa shape index (κ1) is 20.3. The summed E-state index contributed by atoms with van der Waals surface area (Å²) in [6, 6.07) is 32.4. The number of hydrazine groups is 1. The van der Waals surface area contributed by atoms with Gasteiger partial charge in [-0.15, -0.1) is 0 Å². The van der Waals surface area contributed by atoms with Crippen LogP contribution in [0.4, 0.5) is 11.4 Å².